The third kappa shape index (κ3) is 2.78. The number of allylic oxidation sites excluding steroid dienone is 1. The van der Waals surface area contributed by atoms with Crippen LogP contribution in [0.3, 0.4) is 0 Å². The van der Waals surface area contributed by atoms with Gasteiger partial charge in [0.15, 0.2) is 17.3 Å². The second-order valence-corrected chi connectivity index (χ2v) is 7.12. The summed E-state index contributed by atoms with van der Waals surface area (Å²) in [7, 11) is 1.68. The summed E-state index contributed by atoms with van der Waals surface area (Å²) < 4.78 is 30.5. The van der Waals surface area contributed by atoms with E-state index >= 15 is 0 Å². The van der Waals surface area contributed by atoms with Crippen LogP contribution in [0.4, 0.5) is 8.78 Å². The Morgan fingerprint density at radius 2 is 2.29 bits per heavy atom. The van der Waals surface area contributed by atoms with Crippen LogP contribution < -0.4 is 11.3 Å². The molecule has 9 nitrogen and oxygen atoms in total. The van der Waals surface area contributed by atoms with Gasteiger partial charge in [-0.1, -0.05) is 0 Å². The molecular weight excluding hydrogens is 390 g/mol. The Hall–Kier alpha value is -3.41. The summed E-state index contributed by atoms with van der Waals surface area (Å²) in [4.78, 5) is 17.3. The molecule has 0 aromatic carbocycles. The third-order valence-corrected chi connectivity index (χ3v) is 5.38. The van der Waals surface area contributed by atoms with E-state index < -0.39 is 17.2 Å². The molecule has 4 rings (SSSR count). The second-order valence-electron chi connectivity index (χ2n) is 6.04. The van der Waals surface area contributed by atoms with Crippen LogP contribution >= 0.6 is 11.3 Å². The molecule has 0 saturated carbocycles. The van der Waals surface area contributed by atoms with Crippen LogP contribution in [0, 0.1) is 11.2 Å². The molecule has 0 amide bonds. The minimum absolute atomic E-state index is 0.0106. The van der Waals surface area contributed by atoms with Gasteiger partial charge in [0.1, 0.15) is 16.2 Å². The molecule has 4 aromatic rings. The van der Waals surface area contributed by atoms with Gasteiger partial charge in [0.25, 0.3) is 5.56 Å². The Morgan fingerprint density at radius 1 is 1.50 bits per heavy atom. The number of halogens is 2. The van der Waals surface area contributed by atoms with E-state index in [9.17, 15) is 13.6 Å². The number of thiazole rings is 1. The molecule has 144 valence electrons. The topological polar surface area (TPSA) is 131 Å². The molecule has 0 spiro atoms. The van der Waals surface area contributed by atoms with Gasteiger partial charge >= 0.3 is 0 Å². The number of rotatable bonds is 5. The van der Waals surface area contributed by atoms with Gasteiger partial charge in [0.2, 0.25) is 0 Å². The van der Waals surface area contributed by atoms with E-state index in [0.717, 1.165) is 17.1 Å². The van der Waals surface area contributed by atoms with Crippen molar-refractivity contribution in [3.05, 3.63) is 51.3 Å². The van der Waals surface area contributed by atoms with Crippen molar-refractivity contribution >= 4 is 38.3 Å². The van der Waals surface area contributed by atoms with Crippen molar-refractivity contribution in [1.29, 1.82) is 5.41 Å². The van der Waals surface area contributed by atoms with Crippen molar-refractivity contribution in [1.82, 2.24) is 29.5 Å². The number of nitrogens with zero attached hydrogens (tertiary/aromatic N) is 5. The molecule has 0 radical (unpaired) electrons. The Kier molecular flexibility index (Phi) is 4.26. The van der Waals surface area contributed by atoms with Crippen molar-refractivity contribution in [2.75, 3.05) is 0 Å². The van der Waals surface area contributed by atoms with Gasteiger partial charge in [-0.3, -0.25) is 9.89 Å². The highest BCUT2D eigenvalue weighted by molar-refractivity contribution is 7.19. The number of fused-ring (bicyclic) bond motifs is 3. The monoisotopic (exact) mass is 404 g/mol. The summed E-state index contributed by atoms with van der Waals surface area (Å²) in [6.07, 6.45) is 3.34. The number of nitrogens with one attached hydrogen (secondary N) is 2. The standard InChI is InChI=1S/C16H14F2N8OS/c1-25-13-7(4-22-26(16(13)27)6-11-9(18)5-21-24-11)14-15(25)23-12(28-14)2-10(20)8(17)3-19/h3-5,20H,2,6,19H2,1H3,(H,21,24)/b8-3+,20-10?. The summed E-state index contributed by atoms with van der Waals surface area (Å²) >= 11 is 1.25. The molecule has 4 heterocycles. The summed E-state index contributed by atoms with van der Waals surface area (Å²) in [5.41, 5.74) is 5.40. The van der Waals surface area contributed by atoms with Crippen LogP contribution in [-0.4, -0.2) is 35.2 Å². The molecule has 28 heavy (non-hydrogen) atoms. The van der Waals surface area contributed by atoms with Crippen molar-refractivity contribution in [2.24, 2.45) is 12.8 Å². The number of hydrogen-bond donors (Lipinski definition) is 3. The first-order valence-corrected chi connectivity index (χ1v) is 8.89. The summed E-state index contributed by atoms with van der Waals surface area (Å²) in [6.45, 7) is -0.108. The van der Waals surface area contributed by atoms with Gasteiger partial charge < -0.3 is 15.7 Å². The quantitative estimate of drug-likeness (QED) is 0.435. The number of nitrogens with two attached hydrogens (primary N) is 1. The van der Waals surface area contributed by atoms with Crippen molar-refractivity contribution in [2.45, 2.75) is 13.0 Å². The summed E-state index contributed by atoms with van der Waals surface area (Å²) in [6, 6.07) is 0. The van der Waals surface area contributed by atoms with Gasteiger partial charge in [-0.2, -0.15) is 10.2 Å². The fourth-order valence-corrected chi connectivity index (χ4v) is 4.03. The smallest absolute Gasteiger partial charge is 0.291 e. The Bertz CT molecular complexity index is 1310. The summed E-state index contributed by atoms with van der Waals surface area (Å²) in [5, 5.41) is 19.1. The minimum Gasteiger partial charge on any atom is -0.402 e. The highest BCUT2D eigenvalue weighted by atomic mass is 32.1. The zero-order chi connectivity index (χ0) is 20.0. The number of aryl methyl sites for hydroxylation is 1. The van der Waals surface area contributed by atoms with E-state index in [0.29, 0.717) is 26.3 Å². The highest BCUT2D eigenvalue weighted by Crippen LogP contribution is 2.31. The normalized spacial score (nSPS) is 12.3. The Morgan fingerprint density at radius 3 is 2.96 bits per heavy atom. The first-order chi connectivity index (χ1) is 13.4. The lowest BCUT2D eigenvalue weighted by Gasteiger charge is -2.04. The molecule has 0 aliphatic rings. The van der Waals surface area contributed by atoms with E-state index in [1.165, 1.54) is 17.5 Å². The van der Waals surface area contributed by atoms with Crippen molar-refractivity contribution < 1.29 is 8.78 Å². The molecule has 4 N–H and O–H groups in total. The van der Waals surface area contributed by atoms with Gasteiger partial charge in [0.05, 0.1) is 29.4 Å². The second kappa shape index (κ2) is 6.64. The molecule has 0 saturated heterocycles. The molecule has 0 bridgehead atoms. The Balaban J connectivity index is 1.78. The maximum Gasteiger partial charge on any atom is 0.291 e. The van der Waals surface area contributed by atoms with E-state index in [4.69, 9.17) is 11.1 Å². The SMILES string of the molecule is Cn1c2nc(CC(=N)/C(F)=C\N)sc2c2cnn(Cc3n[nH]cc3F)c(=O)c21. The fourth-order valence-electron chi connectivity index (χ4n) is 2.91. The Labute approximate surface area is 159 Å². The number of hydrogen-bond acceptors (Lipinski definition) is 7. The van der Waals surface area contributed by atoms with Crippen LogP contribution in [0.1, 0.15) is 10.7 Å². The number of aromatic nitrogens is 6. The van der Waals surface area contributed by atoms with Gasteiger partial charge in [0, 0.05) is 25.1 Å². The average Bonchev–Trinajstić information content (AvgIpc) is 3.34. The molecule has 12 heteroatoms. The zero-order valence-corrected chi connectivity index (χ0v) is 15.3. The maximum atomic E-state index is 13.6. The van der Waals surface area contributed by atoms with Crippen LogP contribution in [-0.2, 0) is 20.0 Å². The molecule has 0 aliphatic carbocycles. The fraction of sp³-hybridized carbons (Fsp3) is 0.188. The highest BCUT2D eigenvalue weighted by Gasteiger charge is 2.20. The van der Waals surface area contributed by atoms with Crippen LogP contribution in [0.25, 0.3) is 21.3 Å². The van der Waals surface area contributed by atoms with Crippen LogP contribution in [0.5, 0.6) is 0 Å². The minimum atomic E-state index is -0.806. The van der Waals surface area contributed by atoms with Crippen LogP contribution in [0.15, 0.2) is 29.2 Å². The van der Waals surface area contributed by atoms with Crippen molar-refractivity contribution in [3.8, 4) is 0 Å². The maximum absolute atomic E-state index is 13.6. The molecular formula is C16H14F2N8OS. The van der Waals surface area contributed by atoms with Gasteiger partial charge in [-0.15, -0.1) is 11.3 Å². The summed E-state index contributed by atoms with van der Waals surface area (Å²) in [5.74, 6) is -1.35. The molecule has 0 aliphatic heterocycles. The zero-order valence-electron chi connectivity index (χ0n) is 14.5. The lowest BCUT2D eigenvalue weighted by Crippen LogP contribution is -2.25. The van der Waals surface area contributed by atoms with E-state index in [2.05, 4.69) is 20.3 Å². The molecule has 0 unspecified atom stereocenters. The third-order valence-electron chi connectivity index (χ3n) is 4.30. The predicted octanol–water partition coefficient (Wildman–Crippen LogP) is 1.59. The number of aromatic amines is 1. The molecule has 0 atom stereocenters. The van der Waals surface area contributed by atoms with E-state index in [-0.39, 0.29) is 24.4 Å². The first-order valence-electron chi connectivity index (χ1n) is 8.08. The molecule has 0 fully saturated rings. The lowest BCUT2D eigenvalue weighted by atomic mass is 10.2. The molecule has 4 aromatic heterocycles. The number of H-pyrrole nitrogens is 1. The first kappa shape index (κ1) is 18.0. The average molecular weight is 404 g/mol. The van der Waals surface area contributed by atoms with E-state index in [1.54, 1.807) is 11.6 Å². The van der Waals surface area contributed by atoms with Crippen LogP contribution in [0.2, 0.25) is 0 Å². The van der Waals surface area contributed by atoms with Crippen molar-refractivity contribution in [3.63, 3.8) is 0 Å². The van der Waals surface area contributed by atoms with E-state index in [1.807, 2.05) is 0 Å². The predicted molar refractivity (Wildman–Crippen MR) is 101 cm³/mol. The largest absolute Gasteiger partial charge is 0.402 e. The van der Waals surface area contributed by atoms with Gasteiger partial charge in [-0.25, -0.2) is 18.4 Å². The van der Waals surface area contributed by atoms with Gasteiger partial charge in [-0.05, 0) is 0 Å². The lowest BCUT2D eigenvalue weighted by molar-refractivity contribution is 0.570.